The van der Waals surface area contributed by atoms with Crippen molar-refractivity contribution in [1.29, 1.82) is 0 Å². The van der Waals surface area contributed by atoms with Crippen molar-refractivity contribution in [2.24, 2.45) is 0 Å². The van der Waals surface area contributed by atoms with Gasteiger partial charge in [-0.2, -0.15) is 0 Å². The topological polar surface area (TPSA) is 58.1 Å². The molecule has 2 heterocycles. The third kappa shape index (κ3) is 2.26. The van der Waals surface area contributed by atoms with Crippen LogP contribution in [0.15, 0.2) is 0 Å². The molecule has 0 spiro atoms. The second-order valence-corrected chi connectivity index (χ2v) is 4.42. The van der Waals surface area contributed by atoms with E-state index in [1.165, 1.54) is 11.3 Å². The van der Waals surface area contributed by atoms with Crippen molar-refractivity contribution in [1.82, 2.24) is 15.1 Å². The second kappa shape index (κ2) is 4.57. The van der Waals surface area contributed by atoms with Gasteiger partial charge in [0.2, 0.25) is 10.1 Å². The van der Waals surface area contributed by atoms with Crippen molar-refractivity contribution in [3.63, 3.8) is 0 Å². The first-order valence-electron chi connectivity index (χ1n) is 5.18. The third-order valence-electron chi connectivity index (χ3n) is 2.33. The Labute approximate surface area is 92.5 Å². The minimum Gasteiger partial charge on any atom is -0.360 e. The van der Waals surface area contributed by atoms with E-state index in [4.69, 9.17) is 0 Å². The summed E-state index contributed by atoms with van der Waals surface area (Å²) in [6, 6.07) is 0. The summed E-state index contributed by atoms with van der Waals surface area (Å²) in [6.07, 6.45) is 2.20. The molecule has 15 heavy (non-hydrogen) atoms. The molecule has 0 radical (unpaired) electrons. The SMILES string of the molecule is CCNc1nnc(C(=O)N2CCCC2)s1. The van der Waals surface area contributed by atoms with E-state index in [1.807, 2.05) is 11.8 Å². The van der Waals surface area contributed by atoms with Gasteiger partial charge in [0, 0.05) is 19.6 Å². The number of hydrogen-bond donors (Lipinski definition) is 1. The number of nitrogens with zero attached hydrogens (tertiary/aromatic N) is 3. The molecule has 0 aromatic carbocycles. The Bertz CT molecular complexity index is 346. The molecule has 5 nitrogen and oxygen atoms in total. The smallest absolute Gasteiger partial charge is 0.284 e. The normalized spacial score (nSPS) is 15.7. The van der Waals surface area contributed by atoms with Gasteiger partial charge in [-0.05, 0) is 19.8 Å². The van der Waals surface area contributed by atoms with Gasteiger partial charge < -0.3 is 10.2 Å². The summed E-state index contributed by atoms with van der Waals surface area (Å²) in [5, 5.41) is 12.1. The average molecular weight is 226 g/mol. The van der Waals surface area contributed by atoms with Crippen LogP contribution in [-0.2, 0) is 0 Å². The van der Waals surface area contributed by atoms with Crippen molar-refractivity contribution >= 4 is 22.4 Å². The van der Waals surface area contributed by atoms with Crippen molar-refractivity contribution in [2.45, 2.75) is 19.8 Å². The van der Waals surface area contributed by atoms with Crippen LogP contribution in [0.4, 0.5) is 5.13 Å². The number of carbonyl (C=O) groups excluding carboxylic acids is 1. The summed E-state index contributed by atoms with van der Waals surface area (Å²) in [4.78, 5) is 13.7. The maximum absolute atomic E-state index is 11.9. The van der Waals surface area contributed by atoms with Gasteiger partial charge in [-0.1, -0.05) is 11.3 Å². The van der Waals surface area contributed by atoms with Crippen molar-refractivity contribution in [3.05, 3.63) is 5.01 Å². The molecule has 2 rings (SSSR count). The number of hydrogen-bond acceptors (Lipinski definition) is 5. The first-order valence-corrected chi connectivity index (χ1v) is 5.99. The number of aromatic nitrogens is 2. The maximum Gasteiger partial charge on any atom is 0.284 e. The highest BCUT2D eigenvalue weighted by Gasteiger charge is 2.22. The molecule has 82 valence electrons. The minimum atomic E-state index is 0.0224. The summed E-state index contributed by atoms with van der Waals surface area (Å²) in [5.74, 6) is 0.0224. The molecule has 1 aromatic heterocycles. The Balaban J connectivity index is 2.04. The van der Waals surface area contributed by atoms with E-state index in [9.17, 15) is 4.79 Å². The lowest BCUT2D eigenvalue weighted by Crippen LogP contribution is -2.27. The first-order chi connectivity index (χ1) is 7.31. The number of likely N-dealkylation sites (tertiary alicyclic amines) is 1. The highest BCUT2D eigenvalue weighted by Crippen LogP contribution is 2.18. The number of carbonyl (C=O) groups is 1. The maximum atomic E-state index is 11.9. The monoisotopic (exact) mass is 226 g/mol. The number of anilines is 1. The first kappa shape index (κ1) is 10.4. The van der Waals surface area contributed by atoms with E-state index in [-0.39, 0.29) is 5.91 Å². The summed E-state index contributed by atoms with van der Waals surface area (Å²) >= 11 is 1.33. The summed E-state index contributed by atoms with van der Waals surface area (Å²) < 4.78 is 0. The van der Waals surface area contributed by atoms with E-state index in [1.54, 1.807) is 0 Å². The Morgan fingerprint density at radius 3 is 2.87 bits per heavy atom. The average Bonchev–Trinajstić information content (AvgIpc) is 2.87. The number of nitrogens with one attached hydrogen (secondary N) is 1. The van der Waals surface area contributed by atoms with E-state index < -0.39 is 0 Å². The molecule has 1 fully saturated rings. The van der Waals surface area contributed by atoms with Crippen LogP contribution >= 0.6 is 11.3 Å². The van der Waals surface area contributed by atoms with Gasteiger partial charge in [-0.25, -0.2) is 0 Å². The van der Waals surface area contributed by atoms with Crippen LogP contribution < -0.4 is 5.32 Å². The van der Waals surface area contributed by atoms with Crippen LogP contribution in [0.25, 0.3) is 0 Å². The lowest BCUT2D eigenvalue weighted by atomic mass is 10.4. The Morgan fingerprint density at radius 2 is 2.20 bits per heavy atom. The van der Waals surface area contributed by atoms with Gasteiger partial charge in [0.1, 0.15) is 0 Å². The fourth-order valence-corrected chi connectivity index (χ4v) is 2.37. The van der Waals surface area contributed by atoms with E-state index in [2.05, 4.69) is 15.5 Å². The van der Waals surface area contributed by atoms with Crippen LogP contribution in [0.2, 0.25) is 0 Å². The predicted molar refractivity (Wildman–Crippen MR) is 59.2 cm³/mol. The largest absolute Gasteiger partial charge is 0.360 e. The van der Waals surface area contributed by atoms with Crippen molar-refractivity contribution < 1.29 is 4.79 Å². The van der Waals surface area contributed by atoms with Gasteiger partial charge in [0.15, 0.2) is 0 Å². The van der Waals surface area contributed by atoms with Crippen molar-refractivity contribution in [3.8, 4) is 0 Å². The molecule has 1 amide bonds. The summed E-state index contributed by atoms with van der Waals surface area (Å²) in [5.41, 5.74) is 0. The molecule has 1 aliphatic rings. The third-order valence-corrected chi connectivity index (χ3v) is 3.20. The van der Waals surface area contributed by atoms with Gasteiger partial charge >= 0.3 is 0 Å². The summed E-state index contributed by atoms with van der Waals surface area (Å²) in [7, 11) is 0. The van der Waals surface area contributed by atoms with Crippen LogP contribution in [0.5, 0.6) is 0 Å². The highest BCUT2D eigenvalue weighted by atomic mass is 32.1. The fourth-order valence-electron chi connectivity index (χ4n) is 1.59. The molecular weight excluding hydrogens is 212 g/mol. The molecule has 1 aliphatic heterocycles. The molecule has 1 saturated heterocycles. The lowest BCUT2D eigenvalue weighted by molar-refractivity contribution is 0.0791. The van der Waals surface area contributed by atoms with Gasteiger partial charge in [-0.15, -0.1) is 10.2 Å². The predicted octanol–water partition coefficient (Wildman–Crippen LogP) is 1.21. The zero-order valence-corrected chi connectivity index (χ0v) is 9.51. The summed E-state index contributed by atoms with van der Waals surface area (Å²) in [6.45, 7) is 4.50. The molecule has 6 heteroatoms. The van der Waals surface area contributed by atoms with E-state index in [0.717, 1.165) is 37.6 Å². The van der Waals surface area contributed by atoms with Crippen molar-refractivity contribution in [2.75, 3.05) is 25.0 Å². The number of amides is 1. The fraction of sp³-hybridized carbons (Fsp3) is 0.667. The highest BCUT2D eigenvalue weighted by molar-refractivity contribution is 7.17. The lowest BCUT2D eigenvalue weighted by Gasteiger charge is -2.11. The minimum absolute atomic E-state index is 0.0224. The molecule has 0 atom stereocenters. The molecule has 0 aliphatic carbocycles. The Kier molecular flexibility index (Phi) is 3.15. The van der Waals surface area contributed by atoms with Gasteiger partial charge in [0.05, 0.1) is 0 Å². The molecule has 0 bridgehead atoms. The van der Waals surface area contributed by atoms with Crippen LogP contribution in [0, 0.1) is 0 Å². The van der Waals surface area contributed by atoms with E-state index in [0.29, 0.717) is 5.01 Å². The molecular formula is C9H14N4OS. The van der Waals surface area contributed by atoms with Crippen LogP contribution in [0.1, 0.15) is 29.6 Å². The quantitative estimate of drug-likeness (QED) is 0.841. The van der Waals surface area contributed by atoms with Gasteiger partial charge in [0.25, 0.3) is 5.91 Å². The van der Waals surface area contributed by atoms with Gasteiger partial charge in [-0.3, -0.25) is 4.79 Å². The Hall–Kier alpha value is -1.17. The number of rotatable bonds is 3. The zero-order valence-electron chi connectivity index (χ0n) is 8.69. The molecule has 1 N–H and O–H groups in total. The van der Waals surface area contributed by atoms with Crippen LogP contribution in [0.3, 0.4) is 0 Å². The molecule has 0 saturated carbocycles. The standard InChI is InChI=1S/C9H14N4OS/c1-2-10-9-12-11-7(15-9)8(14)13-5-3-4-6-13/h2-6H2,1H3,(H,10,12). The van der Waals surface area contributed by atoms with E-state index >= 15 is 0 Å². The molecule has 0 unspecified atom stereocenters. The zero-order chi connectivity index (χ0) is 10.7. The molecule has 1 aromatic rings. The second-order valence-electron chi connectivity index (χ2n) is 3.44. The Morgan fingerprint density at radius 1 is 1.47 bits per heavy atom. The van der Waals surface area contributed by atoms with Crippen LogP contribution in [-0.4, -0.2) is 40.6 Å².